The van der Waals surface area contributed by atoms with Crippen LogP contribution in [0.5, 0.6) is 5.75 Å². The van der Waals surface area contributed by atoms with E-state index in [0.717, 1.165) is 61.7 Å². The molecule has 0 saturated heterocycles. The monoisotopic (exact) mass is 538 g/mol. The Labute approximate surface area is 231 Å². The van der Waals surface area contributed by atoms with Crippen molar-refractivity contribution in [2.45, 2.75) is 57.8 Å². The van der Waals surface area contributed by atoms with Gasteiger partial charge in [0.05, 0.1) is 24.1 Å². The Bertz CT molecular complexity index is 1180. The van der Waals surface area contributed by atoms with Gasteiger partial charge in [0.1, 0.15) is 5.75 Å². The number of allylic oxidation sites excluding steroid dienone is 1. The van der Waals surface area contributed by atoms with E-state index >= 15 is 0 Å². The SMILES string of the molecule is CCCc1cc(Cl)ccc1C1COc2ccc3cc2N(CCCC/C=C/CN(C)C(=O)C(C)C3C(=O)O)C1. The molecule has 0 aliphatic carbocycles. The van der Waals surface area contributed by atoms with E-state index in [1.54, 1.807) is 18.9 Å². The number of rotatable bonds is 4. The highest BCUT2D eigenvalue weighted by Crippen LogP contribution is 2.39. The van der Waals surface area contributed by atoms with Crippen molar-refractivity contribution < 1.29 is 19.4 Å². The maximum absolute atomic E-state index is 13.1. The van der Waals surface area contributed by atoms with E-state index in [9.17, 15) is 14.7 Å². The van der Waals surface area contributed by atoms with Crippen molar-refractivity contribution in [2.75, 3.05) is 38.2 Å². The van der Waals surface area contributed by atoms with E-state index < -0.39 is 17.8 Å². The summed E-state index contributed by atoms with van der Waals surface area (Å²) in [5.41, 5.74) is 4.04. The number of hydrogen-bond acceptors (Lipinski definition) is 4. The number of carboxylic acid groups (broad SMARTS) is 1. The minimum atomic E-state index is -0.997. The van der Waals surface area contributed by atoms with E-state index in [-0.39, 0.29) is 11.8 Å². The van der Waals surface area contributed by atoms with Crippen LogP contribution in [0, 0.1) is 5.92 Å². The van der Waals surface area contributed by atoms with Crippen LogP contribution in [0.25, 0.3) is 0 Å². The Morgan fingerprint density at radius 3 is 2.74 bits per heavy atom. The van der Waals surface area contributed by atoms with Gasteiger partial charge in [0.15, 0.2) is 0 Å². The third-order valence-corrected chi connectivity index (χ3v) is 7.99. The molecule has 2 aliphatic heterocycles. The largest absolute Gasteiger partial charge is 0.491 e. The first-order valence-electron chi connectivity index (χ1n) is 13.7. The van der Waals surface area contributed by atoms with Gasteiger partial charge in [-0.05, 0) is 66.6 Å². The van der Waals surface area contributed by atoms with E-state index in [1.807, 2.05) is 30.3 Å². The van der Waals surface area contributed by atoms with E-state index in [2.05, 4.69) is 30.0 Å². The molecule has 1 N–H and O–H groups in total. The Morgan fingerprint density at radius 1 is 1.16 bits per heavy atom. The number of nitrogens with zero attached hydrogens (tertiary/aromatic N) is 2. The lowest BCUT2D eigenvalue weighted by Gasteiger charge is -2.29. The van der Waals surface area contributed by atoms with Gasteiger partial charge in [-0.3, -0.25) is 9.59 Å². The van der Waals surface area contributed by atoms with Crippen molar-refractivity contribution in [3.8, 4) is 5.75 Å². The summed E-state index contributed by atoms with van der Waals surface area (Å²) in [5.74, 6) is -1.91. The summed E-state index contributed by atoms with van der Waals surface area (Å²) in [5, 5.41) is 10.9. The second-order valence-electron chi connectivity index (χ2n) is 10.6. The fourth-order valence-corrected chi connectivity index (χ4v) is 5.90. The molecule has 38 heavy (non-hydrogen) atoms. The summed E-state index contributed by atoms with van der Waals surface area (Å²) in [6.07, 6.45) is 9.07. The Morgan fingerprint density at radius 2 is 1.97 bits per heavy atom. The lowest BCUT2D eigenvalue weighted by Crippen LogP contribution is -2.37. The van der Waals surface area contributed by atoms with Crippen LogP contribution < -0.4 is 9.64 Å². The highest BCUT2D eigenvalue weighted by Gasteiger charge is 2.35. The van der Waals surface area contributed by atoms with Gasteiger partial charge in [-0.1, -0.05) is 56.2 Å². The van der Waals surface area contributed by atoms with Gasteiger partial charge in [0.25, 0.3) is 0 Å². The van der Waals surface area contributed by atoms with Crippen LogP contribution in [0.4, 0.5) is 5.69 Å². The minimum absolute atomic E-state index is 0.149. The number of carbonyl (C=O) groups excluding carboxylic acids is 1. The van der Waals surface area contributed by atoms with Gasteiger partial charge >= 0.3 is 5.97 Å². The van der Waals surface area contributed by atoms with Crippen LogP contribution in [-0.4, -0.2) is 55.2 Å². The number of aryl methyl sites for hydroxylation is 1. The molecule has 4 rings (SSSR count). The fraction of sp³-hybridized carbons (Fsp3) is 0.484. The summed E-state index contributed by atoms with van der Waals surface area (Å²) in [7, 11) is 1.73. The number of carbonyl (C=O) groups is 2. The number of aliphatic carboxylic acids is 1. The molecule has 204 valence electrons. The van der Waals surface area contributed by atoms with Crippen molar-refractivity contribution in [1.29, 1.82) is 0 Å². The average molecular weight is 539 g/mol. The van der Waals surface area contributed by atoms with Gasteiger partial charge in [0, 0.05) is 37.6 Å². The van der Waals surface area contributed by atoms with E-state index in [0.29, 0.717) is 18.7 Å². The number of amides is 1. The first-order valence-corrected chi connectivity index (χ1v) is 14.1. The van der Waals surface area contributed by atoms with Crippen molar-refractivity contribution >= 4 is 29.2 Å². The number of carboxylic acids is 1. The zero-order chi connectivity index (χ0) is 27.2. The Hall–Kier alpha value is -2.99. The molecule has 7 heteroatoms. The standard InChI is InChI=1S/C31H39ClN2O4/c1-4-10-22-17-25(32)12-13-26(22)24-19-34-16-9-7-5-6-8-15-33(3)30(35)21(2)29(31(36)37)23-11-14-28(38-20-24)27(34)18-23/h6,8,11-14,17-18,21,24,29H,4-5,7,9-10,15-16,19-20H2,1-3H3,(H,36,37)/b8-6+. The quantitative estimate of drug-likeness (QED) is 0.464. The molecule has 2 aliphatic rings. The van der Waals surface area contributed by atoms with Crippen molar-refractivity contribution in [3.63, 3.8) is 0 Å². The molecule has 0 radical (unpaired) electrons. The van der Waals surface area contributed by atoms with Gasteiger partial charge < -0.3 is 19.6 Å². The molecule has 2 bridgehead atoms. The molecular formula is C31H39ClN2O4. The second-order valence-corrected chi connectivity index (χ2v) is 11.0. The zero-order valence-electron chi connectivity index (χ0n) is 22.7. The number of benzene rings is 2. The summed E-state index contributed by atoms with van der Waals surface area (Å²) in [6, 6.07) is 11.8. The molecular weight excluding hydrogens is 500 g/mol. The number of fused-ring (bicyclic) bond motifs is 1. The fourth-order valence-electron chi connectivity index (χ4n) is 5.70. The third-order valence-electron chi connectivity index (χ3n) is 7.75. The molecule has 1 amide bonds. The smallest absolute Gasteiger partial charge is 0.311 e. The summed E-state index contributed by atoms with van der Waals surface area (Å²) in [6.45, 7) is 6.50. The zero-order valence-corrected chi connectivity index (χ0v) is 23.4. The lowest BCUT2D eigenvalue weighted by atomic mass is 9.85. The molecule has 2 heterocycles. The number of hydrogen-bond donors (Lipinski definition) is 1. The second kappa shape index (κ2) is 12.7. The van der Waals surface area contributed by atoms with E-state index in [4.69, 9.17) is 16.3 Å². The van der Waals surface area contributed by atoms with Gasteiger partial charge in [-0.15, -0.1) is 0 Å². The molecule has 0 saturated carbocycles. The minimum Gasteiger partial charge on any atom is -0.491 e. The van der Waals surface area contributed by atoms with Crippen molar-refractivity contribution in [3.05, 3.63) is 70.3 Å². The Balaban J connectivity index is 1.74. The number of ether oxygens (including phenoxy) is 1. The lowest BCUT2D eigenvalue weighted by molar-refractivity contribution is -0.145. The number of anilines is 1. The predicted octanol–water partition coefficient (Wildman–Crippen LogP) is 6.28. The van der Waals surface area contributed by atoms with Crippen LogP contribution in [0.15, 0.2) is 48.6 Å². The topological polar surface area (TPSA) is 70.1 Å². The third kappa shape index (κ3) is 6.35. The average Bonchev–Trinajstić information content (AvgIpc) is 3.06. The summed E-state index contributed by atoms with van der Waals surface area (Å²) in [4.78, 5) is 29.6. The molecule has 2 aromatic rings. The normalized spacial score (nSPS) is 23.6. The molecule has 6 nitrogen and oxygen atoms in total. The molecule has 0 aromatic heterocycles. The highest BCUT2D eigenvalue weighted by atomic mass is 35.5. The maximum atomic E-state index is 13.1. The first-order chi connectivity index (χ1) is 18.3. The van der Waals surface area contributed by atoms with Gasteiger partial charge in [-0.2, -0.15) is 0 Å². The predicted molar refractivity (Wildman–Crippen MR) is 153 cm³/mol. The van der Waals surface area contributed by atoms with Crippen LogP contribution in [-0.2, 0) is 16.0 Å². The van der Waals surface area contributed by atoms with E-state index in [1.165, 1.54) is 11.1 Å². The van der Waals surface area contributed by atoms with Gasteiger partial charge in [-0.25, -0.2) is 0 Å². The van der Waals surface area contributed by atoms with Crippen LogP contribution in [0.3, 0.4) is 0 Å². The number of halogens is 1. The van der Waals surface area contributed by atoms with Crippen molar-refractivity contribution in [2.24, 2.45) is 5.92 Å². The van der Waals surface area contributed by atoms with Gasteiger partial charge in [0.2, 0.25) is 5.91 Å². The van der Waals surface area contributed by atoms with Crippen LogP contribution in [0.1, 0.15) is 68.1 Å². The Kier molecular flexibility index (Phi) is 9.37. The summed E-state index contributed by atoms with van der Waals surface area (Å²) < 4.78 is 6.38. The first kappa shape index (κ1) is 28.0. The molecule has 0 spiro atoms. The maximum Gasteiger partial charge on any atom is 0.311 e. The van der Waals surface area contributed by atoms with Crippen molar-refractivity contribution in [1.82, 2.24) is 4.90 Å². The number of likely N-dealkylation sites (N-methyl/N-ethyl adjacent to an activating group) is 1. The molecule has 3 unspecified atom stereocenters. The highest BCUT2D eigenvalue weighted by molar-refractivity contribution is 6.30. The molecule has 3 atom stereocenters. The molecule has 2 aromatic carbocycles. The van der Waals surface area contributed by atoms with Crippen LogP contribution in [0.2, 0.25) is 5.02 Å². The molecule has 0 fully saturated rings. The summed E-state index contributed by atoms with van der Waals surface area (Å²) >= 11 is 6.35. The van der Waals surface area contributed by atoms with Crippen LogP contribution >= 0.6 is 11.6 Å².